The van der Waals surface area contributed by atoms with Crippen molar-refractivity contribution in [1.29, 1.82) is 0 Å². The lowest BCUT2D eigenvalue weighted by Crippen LogP contribution is -2.69. The minimum Gasteiger partial charge on any atom is -0.458 e. The summed E-state index contributed by atoms with van der Waals surface area (Å²) in [5.41, 5.74) is 2.35. The number of esters is 1. The van der Waals surface area contributed by atoms with Crippen molar-refractivity contribution in [3.8, 4) is 0 Å². The fraction of sp³-hybridized carbons (Fsp3) is 0.459. The van der Waals surface area contributed by atoms with E-state index in [1.165, 1.54) is 41.9 Å². The maximum Gasteiger partial charge on any atom is 0.429 e. The summed E-state index contributed by atoms with van der Waals surface area (Å²) >= 11 is 18.0. The van der Waals surface area contributed by atoms with Crippen molar-refractivity contribution < 1.29 is 76.4 Å². The Hall–Kier alpha value is -7.74. The van der Waals surface area contributed by atoms with Gasteiger partial charge in [-0.1, -0.05) is 170 Å². The molecule has 8 amide bonds. The number of hydrazine groups is 2. The molecule has 3 aliphatic heterocycles. The minimum absolute atomic E-state index is 0.0248. The number of carbonyl (C=O) groups is 9. The predicted octanol–water partition coefficient (Wildman–Crippen LogP) is 7.03. The highest BCUT2D eigenvalue weighted by Crippen LogP contribution is 2.30. The van der Waals surface area contributed by atoms with Gasteiger partial charge in [0.15, 0.2) is 18.1 Å². The van der Waals surface area contributed by atoms with E-state index in [0.29, 0.717) is 27.3 Å². The molecule has 0 unspecified atom stereocenters. The van der Waals surface area contributed by atoms with Crippen LogP contribution < -0.4 is 10.6 Å². The number of benzene rings is 4. The summed E-state index contributed by atoms with van der Waals surface area (Å²) in [5, 5.41) is 9.29. The fourth-order valence-electron chi connectivity index (χ4n) is 10.0. The number of fused-ring (bicyclic) bond motifs is 2. The van der Waals surface area contributed by atoms with Gasteiger partial charge < -0.3 is 44.0 Å². The molecule has 2 N–H and O–H groups in total. The second-order valence-electron chi connectivity index (χ2n) is 21.5. The average molecular weight is 1280 g/mol. The van der Waals surface area contributed by atoms with Gasteiger partial charge in [-0.25, -0.2) is 44.3 Å². The van der Waals surface area contributed by atoms with E-state index < -0.39 is 125 Å². The van der Waals surface area contributed by atoms with E-state index in [1.54, 1.807) is 121 Å². The molecule has 0 spiro atoms. The summed E-state index contributed by atoms with van der Waals surface area (Å²) in [6.45, 7) is 2.99. The summed E-state index contributed by atoms with van der Waals surface area (Å²) in [4.78, 5) is 144. The highest BCUT2D eigenvalue weighted by atomic mass is 35.6. The molecular formula is C61H73Cl3N8O16. The second-order valence-corrected chi connectivity index (χ2v) is 24.0. The van der Waals surface area contributed by atoms with Crippen LogP contribution in [-0.4, -0.2) is 176 Å². The maximum absolute atomic E-state index is 16.1. The SMILES string of the molecule is COC[C@H]1C(=O)N(C)[C@H](C)C(=O)N2[C@@H](CCCN2C(=O)OCc2ccccc2)C(=O)N[C@H]([C@H](C)OCc2ccccc2)C(=O)O[C@@H](C(C)C)[C@H](NC(=O)OCC(Cl)(Cl)Cl)C(=O)N2[C@H](CCCN2C(=O)OCc2ccccc2)C(=O)N1OCc1ccccc1. The van der Waals surface area contributed by atoms with Crippen LogP contribution in [0, 0.1) is 5.92 Å². The third kappa shape index (κ3) is 18.0. The van der Waals surface area contributed by atoms with Gasteiger partial charge in [-0.2, -0.15) is 0 Å². The number of halogens is 3. The molecule has 0 bridgehead atoms. The summed E-state index contributed by atoms with van der Waals surface area (Å²) in [6, 6.07) is 24.0. The number of alkyl carbamates (subject to hydrolysis) is 1. The van der Waals surface area contributed by atoms with E-state index in [1.807, 2.05) is 0 Å². The maximum atomic E-state index is 16.1. The fourth-order valence-corrected chi connectivity index (χ4v) is 10.2. The lowest BCUT2D eigenvalue weighted by atomic mass is 9.96. The zero-order chi connectivity index (χ0) is 63.7. The van der Waals surface area contributed by atoms with E-state index in [-0.39, 0.29) is 65.2 Å². The van der Waals surface area contributed by atoms with Crippen LogP contribution in [0.1, 0.15) is 75.6 Å². The van der Waals surface area contributed by atoms with Crippen LogP contribution in [0.5, 0.6) is 0 Å². The van der Waals surface area contributed by atoms with E-state index in [4.69, 9.17) is 68.1 Å². The lowest BCUT2D eigenvalue weighted by molar-refractivity contribution is -0.224. The highest BCUT2D eigenvalue weighted by Gasteiger charge is 2.52. The number of carbonyl (C=O) groups excluding carboxylic acids is 9. The summed E-state index contributed by atoms with van der Waals surface area (Å²) in [6.07, 6.45) is -6.82. The highest BCUT2D eigenvalue weighted by molar-refractivity contribution is 6.67. The van der Waals surface area contributed by atoms with Crippen LogP contribution in [0.2, 0.25) is 0 Å². The number of alkyl halides is 3. The molecule has 474 valence electrons. The van der Waals surface area contributed by atoms with Crippen molar-refractivity contribution in [2.45, 2.75) is 132 Å². The van der Waals surface area contributed by atoms with Crippen LogP contribution in [-0.2, 0) is 88.5 Å². The monoisotopic (exact) mass is 1280 g/mol. The number of cyclic esters (lactones) is 1. The van der Waals surface area contributed by atoms with Gasteiger partial charge in [-0.3, -0.25) is 28.8 Å². The summed E-state index contributed by atoms with van der Waals surface area (Å²) < 4.78 is 32.9. The van der Waals surface area contributed by atoms with Crippen molar-refractivity contribution in [3.05, 3.63) is 144 Å². The van der Waals surface area contributed by atoms with E-state index in [9.17, 15) is 14.4 Å². The van der Waals surface area contributed by atoms with Gasteiger partial charge in [-0.15, -0.1) is 0 Å². The number of rotatable bonds is 16. The number of amides is 8. The molecule has 0 aliphatic carbocycles. The Bertz CT molecular complexity index is 3030. The molecule has 4 aromatic carbocycles. The number of nitrogens with one attached hydrogen (secondary N) is 2. The first-order chi connectivity index (χ1) is 42.1. The standard InChI is InChI=1S/C61H73Cl3N8O16/c1-39(2)51-50(66-58(79)86-38-61(62,63)64)56(77)71-47(30-20-32-69(71)60(81)85-35-44-25-15-9-16-26-44)55(76)72(87-36-45-27-17-10-18-28-45)48(37-82-6)54(75)67(5)40(3)53(74)70-46(29-19-31-68(70)59(80)84-34-43-23-13-8-14-24-43)52(73)65-49(57(78)88-51)41(4)83-33-42-21-11-7-12-22-42/h7-18,21-28,39-41,46-51H,19-20,29-38H2,1-6H3,(H,65,73)(H,66,79)/t40-,41+,46+,47-,48+,49-,50+,51+/m1/s1. The molecule has 3 saturated heterocycles. The zero-order valence-corrected chi connectivity index (χ0v) is 51.8. The number of nitrogens with zero attached hydrogens (tertiary/aromatic N) is 6. The molecule has 3 aliphatic rings. The first-order valence-corrected chi connectivity index (χ1v) is 29.8. The van der Waals surface area contributed by atoms with Crippen molar-refractivity contribution in [3.63, 3.8) is 0 Å². The van der Waals surface area contributed by atoms with Gasteiger partial charge in [0.25, 0.3) is 23.6 Å². The van der Waals surface area contributed by atoms with Crippen molar-refractivity contribution in [2.24, 2.45) is 5.92 Å². The second kappa shape index (κ2) is 32.0. The van der Waals surface area contributed by atoms with Crippen LogP contribution in [0.3, 0.4) is 0 Å². The molecule has 0 aromatic heterocycles. The normalized spacial score (nSPS) is 22.3. The Morgan fingerprint density at radius 3 is 1.61 bits per heavy atom. The first kappa shape index (κ1) is 67.8. The van der Waals surface area contributed by atoms with Crippen molar-refractivity contribution in [1.82, 2.24) is 40.6 Å². The van der Waals surface area contributed by atoms with Gasteiger partial charge in [0.2, 0.25) is 9.70 Å². The van der Waals surface area contributed by atoms with Gasteiger partial charge >= 0.3 is 24.2 Å². The number of hydroxylamine groups is 2. The Morgan fingerprint density at radius 1 is 0.648 bits per heavy atom. The number of methoxy groups -OCH3 is 1. The molecular weight excluding hydrogens is 1210 g/mol. The van der Waals surface area contributed by atoms with Crippen molar-refractivity contribution >= 4 is 88.6 Å². The Balaban J connectivity index is 1.42. The summed E-state index contributed by atoms with van der Waals surface area (Å²) in [7, 11) is 2.51. The molecule has 27 heteroatoms. The zero-order valence-electron chi connectivity index (χ0n) is 49.6. The molecule has 3 heterocycles. The first-order valence-electron chi connectivity index (χ1n) is 28.6. The van der Waals surface area contributed by atoms with Crippen LogP contribution in [0.4, 0.5) is 14.4 Å². The van der Waals surface area contributed by atoms with E-state index in [0.717, 1.165) is 24.9 Å². The average Bonchev–Trinajstić information content (AvgIpc) is 2.30. The lowest BCUT2D eigenvalue weighted by Gasteiger charge is -2.46. The Labute approximate surface area is 525 Å². The van der Waals surface area contributed by atoms with E-state index in [2.05, 4.69) is 10.6 Å². The molecule has 3 fully saturated rings. The molecule has 0 radical (unpaired) electrons. The number of hydrogen-bond acceptors (Lipinski definition) is 16. The molecule has 8 atom stereocenters. The molecule has 24 nitrogen and oxygen atoms in total. The van der Waals surface area contributed by atoms with Crippen LogP contribution in [0.15, 0.2) is 121 Å². The number of likely N-dealkylation sites (N-methyl/N-ethyl adjacent to an activating group) is 1. The van der Waals surface area contributed by atoms with Gasteiger partial charge in [-0.05, 0) is 67.7 Å². The van der Waals surface area contributed by atoms with Gasteiger partial charge in [0.1, 0.15) is 50.7 Å². The number of hydrogen-bond donors (Lipinski definition) is 2. The smallest absolute Gasteiger partial charge is 0.429 e. The quantitative estimate of drug-likeness (QED) is 0.0648. The Kier molecular flexibility index (Phi) is 24.6. The largest absolute Gasteiger partial charge is 0.458 e. The number of ether oxygens (including phenoxy) is 6. The van der Waals surface area contributed by atoms with Crippen LogP contribution in [0.25, 0.3) is 0 Å². The third-order valence-corrected chi connectivity index (χ3v) is 15.1. The van der Waals surface area contributed by atoms with Crippen molar-refractivity contribution in [2.75, 3.05) is 40.5 Å². The van der Waals surface area contributed by atoms with Crippen LogP contribution >= 0.6 is 34.8 Å². The predicted molar refractivity (Wildman–Crippen MR) is 318 cm³/mol. The van der Waals surface area contributed by atoms with Gasteiger partial charge in [0, 0.05) is 27.2 Å². The van der Waals surface area contributed by atoms with E-state index >= 15 is 28.8 Å². The summed E-state index contributed by atoms with van der Waals surface area (Å²) in [5.74, 6) is -7.50. The minimum atomic E-state index is -2.17. The third-order valence-electron chi connectivity index (χ3n) is 14.8. The molecule has 4 aromatic rings. The molecule has 7 rings (SSSR count). The van der Waals surface area contributed by atoms with Gasteiger partial charge in [0.05, 0.1) is 19.3 Å². The molecule has 0 saturated carbocycles. The molecule has 88 heavy (non-hydrogen) atoms. The Morgan fingerprint density at radius 2 is 1.12 bits per heavy atom. The topological polar surface area (TPSA) is 262 Å².